The average molecular weight is 1120 g/mol. The summed E-state index contributed by atoms with van der Waals surface area (Å²) in [6.45, 7) is 29.3. The Morgan fingerprint density at radius 3 is 1.76 bits per heavy atom. The van der Waals surface area contributed by atoms with Crippen LogP contribution in [0.2, 0.25) is 0 Å². The molecule has 1 saturated carbocycles. The maximum Gasteiger partial charge on any atom is 0.264 e. The van der Waals surface area contributed by atoms with E-state index >= 15 is 0 Å². The molecule has 0 radical (unpaired) electrons. The second-order valence-electron chi connectivity index (χ2n) is 30.6. The summed E-state index contributed by atoms with van der Waals surface area (Å²) in [7, 11) is 0. The standard InChI is InChI=1S/C79H84BN3S/c1-49-23-21-22-28-62(49)81(52-26-19-16-20-27-52)54-45-65-70-66(46-54)83(64-34-32-57-69(68(64)50-24-17-15-18-25-50)77(11,12)38-37-75(57,7)8)63-33-29-51(73(2,3)4)43-61(63)80(70)72-71(82(65)53-30-31-56-58(44-53)76(9,10)36-35-74(56,5)6)55-47-59-60(48-67(55)84-72)79(14)41-39-78(59,13)40-42-79/h15-34,43-48H,35-42H2,1-14H3/i1D3. The van der Waals surface area contributed by atoms with Crippen LogP contribution < -0.4 is 30.4 Å². The highest BCUT2D eigenvalue weighted by atomic mass is 32.1. The lowest BCUT2D eigenvalue weighted by Gasteiger charge is -2.52. The van der Waals surface area contributed by atoms with Crippen LogP contribution in [-0.2, 0) is 37.9 Å². The molecule has 0 saturated heterocycles. The zero-order valence-electron chi connectivity index (χ0n) is 55.0. The van der Waals surface area contributed by atoms with Gasteiger partial charge in [-0.15, -0.1) is 11.3 Å². The van der Waals surface area contributed by atoms with Gasteiger partial charge in [0, 0.05) is 58.7 Å². The molecule has 3 nitrogen and oxygen atoms in total. The van der Waals surface area contributed by atoms with E-state index in [1.165, 1.54) is 107 Å². The van der Waals surface area contributed by atoms with Crippen LogP contribution >= 0.6 is 11.3 Å². The first-order valence-corrected chi connectivity index (χ1v) is 32.3. The molecule has 2 aliphatic heterocycles. The molecule has 8 aromatic carbocycles. The summed E-state index contributed by atoms with van der Waals surface area (Å²) >= 11 is 2.03. The molecular weight excluding hydrogens is 1030 g/mol. The molecule has 2 bridgehead atoms. The number of para-hydroxylation sites is 2. The number of thiophene rings is 1. The van der Waals surface area contributed by atoms with Gasteiger partial charge >= 0.3 is 0 Å². The Morgan fingerprint density at radius 1 is 0.500 bits per heavy atom. The lowest BCUT2D eigenvalue weighted by atomic mass is 9.36. The Labute approximate surface area is 510 Å². The van der Waals surface area contributed by atoms with Crippen LogP contribution in [0.25, 0.3) is 21.2 Å². The summed E-state index contributed by atoms with van der Waals surface area (Å²) in [5, 5.41) is 1.33. The van der Waals surface area contributed by atoms with Crippen molar-refractivity contribution in [2.75, 3.05) is 14.7 Å². The molecule has 0 amide bonds. The quantitative estimate of drug-likeness (QED) is 0.154. The van der Waals surface area contributed by atoms with E-state index in [9.17, 15) is 0 Å². The molecule has 0 spiro atoms. The molecule has 9 aromatic rings. The van der Waals surface area contributed by atoms with E-state index in [1.54, 1.807) is 11.6 Å². The second-order valence-corrected chi connectivity index (χ2v) is 31.6. The van der Waals surface area contributed by atoms with Gasteiger partial charge in [-0.25, -0.2) is 0 Å². The zero-order valence-corrected chi connectivity index (χ0v) is 52.8. The third-order valence-electron chi connectivity index (χ3n) is 22.2. The lowest BCUT2D eigenvalue weighted by Crippen LogP contribution is -2.60. The number of aryl methyl sites for hydroxylation is 1. The van der Waals surface area contributed by atoms with Crippen LogP contribution in [0.3, 0.4) is 0 Å². The molecule has 3 heterocycles. The zero-order chi connectivity index (χ0) is 60.9. The van der Waals surface area contributed by atoms with Crippen LogP contribution in [0.5, 0.6) is 0 Å². The predicted octanol–water partition coefficient (Wildman–Crippen LogP) is 20.5. The fourth-order valence-electron chi connectivity index (χ4n) is 16.7. The van der Waals surface area contributed by atoms with Crippen LogP contribution in [0.1, 0.15) is 190 Å². The number of fused-ring (bicyclic) bond motifs is 10. The molecule has 0 N–H and O–H groups in total. The predicted molar refractivity (Wildman–Crippen MR) is 363 cm³/mol. The monoisotopic (exact) mass is 1120 g/mol. The Bertz CT molecular complexity index is 4320. The summed E-state index contributed by atoms with van der Waals surface area (Å²) in [4.78, 5) is 7.61. The summed E-state index contributed by atoms with van der Waals surface area (Å²) in [5.41, 5.74) is 24.8. The van der Waals surface area contributed by atoms with E-state index < -0.39 is 6.85 Å². The van der Waals surface area contributed by atoms with E-state index in [-0.39, 0.29) is 44.6 Å². The first kappa shape index (κ1) is 50.5. The molecule has 5 aliphatic carbocycles. The van der Waals surface area contributed by atoms with Crippen molar-refractivity contribution in [3.63, 3.8) is 0 Å². The second kappa shape index (κ2) is 18.1. The molecule has 5 heteroatoms. The van der Waals surface area contributed by atoms with E-state index in [4.69, 9.17) is 4.11 Å². The Kier molecular flexibility index (Phi) is 10.9. The van der Waals surface area contributed by atoms with Crippen molar-refractivity contribution < 1.29 is 4.11 Å². The highest BCUT2D eigenvalue weighted by molar-refractivity contribution is 7.33. The fraction of sp³-hybridized carbons (Fsp3) is 0.367. The van der Waals surface area contributed by atoms with Gasteiger partial charge in [0.15, 0.2) is 0 Å². The number of rotatable bonds is 6. The maximum absolute atomic E-state index is 9.16. The van der Waals surface area contributed by atoms with Crippen molar-refractivity contribution in [3.8, 4) is 11.1 Å². The van der Waals surface area contributed by atoms with E-state index in [1.807, 2.05) is 29.5 Å². The van der Waals surface area contributed by atoms with Gasteiger partial charge in [-0.2, -0.15) is 0 Å². The van der Waals surface area contributed by atoms with Gasteiger partial charge in [-0.3, -0.25) is 0 Å². The first-order valence-electron chi connectivity index (χ1n) is 33.0. The van der Waals surface area contributed by atoms with E-state index in [0.717, 1.165) is 59.8 Å². The number of benzene rings is 8. The summed E-state index contributed by atoms with van der Waals surface area (Å²) < 4.78 is 30.2. The van der Waals surface area contributed by atoms with Crippen LogP contribution in [0.4, 0.5) is 51.2 Å². The molecule has 1 aromatic heterocycles. The number of anilines is 9. The third kappa shape index (κ3) is 7.88. The van der Waals surface area contributed by atoms with Gasteiger partial charge in [0.05, 0.1) is 17.1 Å². The van der Waals surface area contributed by atoms with Crippen molar-refractivity contribution in [2.24, 2.45) is 0 Å². The van der Waals surface area contributed by atoms with Gasteiger partial charge < -0.3 is 14.7 Å². The van der Waals surface area contributed by atoms with E-state index in [2.05, 4.69) is 238 Å². The molecule has 1 fully saturated rings. The highest BCUT2D eigenvalue weighted by Gasteiger charge is 2.51. The minimum atomic E-state index is -2.40. The SMILES string of the molecule is [2H]C([2H])([2H])c1ccccc1N(c1ccccc1)c1cc2c3c(c1)N(c1ccc4c(c1)C(C)(C)CCC4(C)C)c1c(sc4cc5c(cc14)C1(C)CCC5(C)CC1)B3c1cc(C(C)(C)C)ccc1N2c1ccc2c(c1-c1ccccc1)C(C)(C)CCC2(C)C. The highest BCUT2D eigenvalue weighted by Crippen LogP contribution is 2.61. The smallest absolute Gasteiger partial charge is 0.264 e. The number of nitrogens with zero attached hydrogens (tertiary/aromatic N) is 3. The minimum Gasteiger partial charge on any atom is -0.311 e. The third-order valence-corrected chi connectivity index (χ3v) is 23.4. The molecule has 84 heavy (non-hydrogen) atoms. The fourth-order valence-corrected chi connectivity index (χ4v) is 18.1. The maximum atomic E-state index is 9.16. The Balaban J connectivity index is 1.14. The van der Waals surface area contributed by atoms with Gasteiger partial charge in [0.2, 0.25) is 0 Å². The van der Waals surface area contributed by atoms with Crippen molar-refractivity contribution in [1.29, 1.82) is 0 Å². The van der Waals surface area contributed by atoms with Gasteiger partial charge in [0.25, 0.3) is 6.71 Å². The minimum absolute atomic E-state index is 0.0239. The normalized spacial score (nSPS) is 22.4. The number of hydrogen-bond acceptors (Lipinski definition) is 4. The van der Waals surface area contributed by atoms with Gasteiger partial charge in [0.1, 0.15) is 0 Å². The summed E-state index contributed by atoms with van der Waals surface area (Å²) in [6, 6.07) is 59.5. The molecular formula is C79H84BN3S. The average Bonchev–Trinajstić information content (AvgIpc) is 1.68. The summed E-state index contributed by atoms with van der Waals surface area (Å²) in [5.74, 6) is 0. The van der Waals surface area contributed by atoms with Crippen LogP contribution in [-0.4, -0.2) is 6.71 Å². The number of hydrogen-bond donors (Lipinski definition) is 0. The Morgan fingerprint density at radius 2 is 1.08 bits per heavy atom. The van der Waals surface area contributed by atoms with Gasteiger partial charge in [-0.1, -0.05) is 181 Å². The largest absolute Gasteiger partial charge is 0.311 e. The molecule has 7 aliphatic rings. The molecule has 0 atom stereocenters. The van der Waals surface area contributed by atoms with E-state index in [0.29, 0.717) is 11.3 Å². The topological polar surface area (TPSA) is 9.72 Å². The van der Waals surface area contributed by atoms with Crippen molar-refractivity contribution in [2.45, 2.75) is 186 Å². The lowest BCUT2D eigenvalue weighted by molar-refractivity contribution is 0.188. The van der Waals surface area contributed by atoms with Crippen LogP contribution in [0, 0.1) is 6.85 Å². The van der Waals surface area contributed by atoms with Crippen molar-refractivity contribution in [1.82, 2.24) is 0 Å². The van der Waals surface area contributed by atoms with Gasteiger partial charge in [-0.05, 0) is 224 Å². The first-order chi connectivity index (χ1) is 41.1. The molecule has 16 rings (SSSR count). The van der Waals surface area contributed by atoms with Crippen LogP contribution in [0.15, 0.2) is 158 Å². The molecule has 424 valence electrons. The molecule has 0 unspecified atom stereocenters. The van der Waals surface area contributed by atoms with Crippen molar-refractivity contribution in [3.05, 3.63) is 202 Å². The summed E-state index contributed by atoms with van der Waals surface area (Å²) in [6.07, 6.45) is 9.30. The Hall–Kier alpha value is -6.82. The van der Waals surface area contributed by atoms with Crippen molar-refractivity contribution >= 4 is 95.0 Å².